The molecule has 22 heavy (non-hydrogen) atoms. The SMILES string of the molecule is COC(=O)C1CCCN1S(=O)(=O)c1ccc(C)c([N+](=O)[O-])c1. The zero-order chi connectivity index (χ0) is 16.5. The molecule has 0 radical (unpaired) electrons. The fourth-order valence-electron chi connectivity index (χ4n) is 2.48. The molecule has 0 aromatic heterocycles. The van der Waals surface area contributed by atoms with E-state index in [1.165, 1.54) is 26.2 Å². The maximum absolute atomic E-state index is 12.6. The van der Waals surface area contributed by atoms with Gasteiger partial charge in [0.15, 0.2) is 0 Å². The van der Waals surface area contributed by atoms with Gasteiger partial charge in [0.1, 0.15) is 6.04 Å². The lowest BCUT2D eigenvalue weighted by Gasteiger charge is -2.22. The average molecular weight is 328 g/mol. The number of carbonyl (C=O) groups excluding carboxylic acids is 1. The van der Waals surface area contributed by atoms with Crippen LogP contribution >= 0.6 is 0 Å². The monoisotopic (exact) mass is 328 g/mol. The zero-order valence-electron chi connectivity index (χ0n) is 12.2. The molecule has 1 saturated heterocycles. The number of ether oxygens (including phenoxy) is 1. The number of hydrogen-bond acceptors (Lipinski definition) is 6. The number of hydrogen-bond donors (Lipinski definition) is 0. The van der Waals surface area contributed by atoms with Gasteiger partial charge < -0.3 is 4.74 Å². The summed E-state index contributed by atoms with van der Waals surface area (Å²) >= 11 is 0. The third-order valence-corrected chi connectivity index (χ3v) is 5.57. The fourth-order valence-corrected chi connectivity index (χ4v) is 4.15. The van der Waals surface area contributed by atoms with Crippen molar-refractivity contribution in [2.45, 2.75) is 30.7 Å². The predicted molar refractivity (Wildman–Crippen MR) is 76.8 cm³/mol. The van der Waals surface area contributed by atoms with Crippen molar-refractivity contribution in [2.75, 3.05) is 13.7 Å². The number of esters is 1. The van der Waals surface area contributed by atoms with Crippen LogP contribution in [0.2, 0.25) is 0 Å². The van der Waals surface area contributed by atoms with Gasteiger partial charge in [-0.15, -0.1) is 0 Å². The van der Waals surface area contributed by atoms with Crippen LogP contribution in [0.5, 0.6) is 0 Å². The molecule has 2 rings (SSSR count). The maximum atomic E-state index is 12.6. The predicted octanol–water partition coefficient (Wildman–Crippen LogP) is 1.23. The van der Waals surface area contributed by atoms with Gasteiger partial charge in [0.2, 0.25) is 10.0 Å². The molecule has 120 valence electrons. The molecule has 1 aliphatic rings. The molecule has 1 heterocycles. The summed E-state index contributed by atoms with van der Waals surface area (Å²) in [5.41, 5.74) is 0.102. The summed E-state index contributed by atoms with van der Waals surface area (Å²) in [6.45, 7) is 1.71. The average Bonchev–Trinajstić information content (AvgIpc) is 2.96. The van der Waals surface area contributed by atoms with Crippen molar-refractivity contribution < 1.29 is 22.9 Å². The third kappa shape index (κ3) is 2.81. The molecule has 1 aromatic rings. The van der Waals surface area contributed by atoms with Crippen LogP contribution < -0.4 is 0 Å². The van der Waals surface area contributed by atoms with Gasteiger partial charge in [0.05, 0.1) is 16.9 Å². The normalized spacial score (nSPS) is 19.1. The second-order valence-electron chi connectivity index (χ2n) is 5.00. The molecular weight excluding hydrogens is 312 g/mol. The first-order chi connectivity index (χ1) is 10.3. The number of benzene rings is 1. The van der Waals surface area contributed by atoms with Gasteiger partial charge in [-0.2, -0.15) is 4.31 Å². The number of carbonyl (C=O) groups is 1. The van der Waals surface area contributed by atoms with Gasteiger partial charge >= 0.3 is 5.97 Å². The van der Waals surface area contributed by atoms with Crippen molar-refractivity contribution in [2.24, 2.45) is 0 Å². The van der Waals surface area contributed by atoms with Crippen LogP contribution in [0.25, 0.3) is 0 Å². The summed E-state index contributed by atoms with van der Waals surface area (Å²) in [7, 11) is -2.79. The third-order valence-electron chi connectivity index (χ3n) is 3.66. The molecule has 1 fully saturated rings. The van der Waals surface area contributed by atoms with Crippen LogP contribution in [0.15, 0.2) is 23.1 Å². The van der Waals surface area contributed by atoms with Gasteiger partial charge in [-0.05, 0) is 25.8 Å². The number of rotatable bonds is 4. The van der Waals surface area contributed by atoms with Crippen LogP contribution in [0.1, 0.15) is 18.4 Å². The Morgan fingerprint density at radius 2 is 2.14 bits per heavy atom. The molecule has 1 atom stereocenters. The highest BCUT2D eigenvalue weighted by atomic mass is 32.2. The number of methoxy groups -OCH3 is 1. The smallest absolute Gasteiger partial charge is 0.324 e. The Kier molecular flexibility index (Phi) is 4.47. The van der Waals surface area contributed by atoms with E-state index in [0.717, 1.165) is 10.4 Å². The summed E-state index contributed by atoms with van der Waals surface area (Å²) in [5, 5.41) is 11.0. The highest BCUT2D eigenvalue weighted by Crippen LogP contribution is 2.29. The minimum atomic E-state index is -3.99. The zero-order valence-corrected chi connectivity index (χ0v) is 13.0. The first-order valence-electron chi connectivity index (χ1n) is 6.63. The minimum Gasteiger partial charge on any atom is -0.468 e. The lowest BCUT2D eigenvalue weighted by molar-refractivity contribution is -0.385. The van der Waals surface area contributed by atoms with Crippen LogP contribution in [-0.2, 0) is 19.6 Å². The summed E-state index contributed by atoms with van der Waals surface area (Å²) in [6.07, 6.45) is 0.910. The van der Waals surface area contributed by atoms with E-state index in [0.29, 0.717) is 18.4 Å². The van der Waals surface area contributed by atoms with E-state index >= 15 is 0 Å². The number of nitro groups is 1. The molecule has 0 spiro atoms. The highest BCUT2D eigenvalue weighted by Gasteiger charge is 2.40. The molecule has 0 N–H and O–H groups in total. The first-order valence-corrected chi connectivity index (χ1v) is 8.07. The summed E-state index contributed by atoms with van der Waals surface area (Å²) < 4.78 is 31.0. The van der Waals surface area contributed by atoms with E-state index in [2.05, 4.69) is 4.74 Å². The summed E-state index contributed by atoms with van der Waals surface area (Å²) in [6, 6.07) is 2.84. The molecule has 1 aliphatic heterocycles. The van der Waals surface area contributed by atoms with E-state index in [4.69, 9.17) is 0 Å². The van der Waals surface area contributed by atoms with E-state index in [1.807, 2.05) is 0 Å². The number of sulfonamides is 1. The summed E-state index contributed by atoms with van der Waals surface area (Å²) in [5.74, 6) is -0.623. The van der Waals surface area contributed by atoms with Gasteiger partial charge in [0, 0.05) is 18.2 Å². The maximum Gasteiger partial charge on any atom is 0.324 e. The topological polar surface area (TPSA) is 107 Å². The van der Waals surface area contributed by atoms with Crippen molar-refractivity contribution in [1.29, 1.82) is 0 Å². The Balaban J connectivity index is 2.44. The van der Waals surface area contributed by atoms with Crippen molar-refractivity contribution in [3.63, 3.8) is 0 Å². The molecule has 1 aromatic carbocycles. The summed E-state index contributed by atoms with van der Waals surface area (Å²) in [4.78, 5) is 21.8. The van der Waals surface area contributed by atoms with E-state index in [9.17, 15) is 23.3 Å². The number of nitrogens with zero attached hydrogens (tertiary/aromatic N) is 2. The molecule has 8 nitrogen and oxygen atoms in total. The van der Waals surface area contributed by atoms with Crippen molar-refractivity contribution >= 4 is 21.7 Å². The highest BCUT2D eigenvalue weighted by molar-refractivity contribution is 7.89. The number of nitro benzene ring substituents is 1. The Labute approximate surface area is 127 Å². The fraction of sp³-hybridized carbons (Fsp3) is 0.462. The molecule has 0 bridgehead atoms. The molecule has 0 amide bonds. The van der Waals surface area contributed by atoms with Crippen LogP contribution in [0.4, 0.5) is 5.69 Å². The van der Waals surface area contributed by atoms with Crippen molar-refractivity contribution in [1.82, 2.24) is 4.31 Å². The van der Waals surface area contributed by atoms with E-state index in [-0.39, 0.29) is 17.1 Å². The molecule has 0 aliphatic carbocycles. The molecule has 1 unspecified atom stereocenters. The largest absolute Gasteiger partial charge is 0.468 e. The Morgan fingerprint density at radius 3 is 2.73 bits per heavy atom. The second kappa shape index (κ2) is 6.01. The minimum absolute atomic E-state index is 0.184. The van der Waals surface area contributed by atoms with E-state index < -0.39 is 27.0 Å². The van der Waals surface area contributed by atoms with Crippen LogP contribution in [0.3, 0.4) is 0 Å². The van der Waals surface area contributed by atoms with Gasteiger partial charge in [-0.1, -0.05) is 6.07 Å². The lowest BCUT2D eigenvalue weighted by Crippen LogP contribution is -2.41. The lowest BCUT2D eigenvalue weighted by atomic mass is 10.2. The second-order valence-corrected chi connectivity index (χ2v) is 6.89. The van der Waals surface area contributed by atoms with Crippen molar-refractivity contribution in [3.8, 4) is 0 Å². The quantitative estimate of drug-likeness (QED) is 0.467. The molecule has 9 heteroatoms. The van der Waals surface area contributed by atoms with Gasteiger partial charge in [-0.25, -0.2) is 8.42 Å². The Morgan fingerprint density at radius 1 is 1.45 bits per heavy atom. The van der Waals surface area contributed by atoms with Crippen molar-refractivity contribution in [3.05, 3.63) is 33.9 Å². The molecular formula is C13H16N2O6S. The standard InChI is InChI=1S/C13H16N2O6S/c1-9-5-6-10(8-12(9)15(17)18)22(19,20)14-7-3-4-11(14)13(16)21-2/h5-6,8,11H,3-4,7H2,1-2H3. The van der Waals surface area contributed by atoms with E-state index in [1.54, 1.807) is 0 Å². The first kappa shape index (κ1) is 16.4. The van der Waals surface area contributed by atoms with Crippen LogP contribution in [0, 0.1) is 17.0 Å². The van der Waals surface area contributed by atoms with Gasteiger partial charge in [-0.3, -0.25) is 14.9 Å². The van der Waals surface area contributed by atoms with Crippen LogP contribution in [-0.4, -0.2) is 43.3 Å². The number of aryl methyl sites for hydroxylation is 1. The Hall–Kier alpha value is -2.00. The Bertz CT molecular complexity index is 715. The van der Waals surface area contributed by atoms with Gasteiger partial charge in [0.25, 0.3) is 5.69 Å². The molecule has 0 saturated carbocycles.